The molecular formula is C14H16Cl2O. The van der Waals surface area contributed by atoms with Crippen LogP contribution in [0, 0.1) is 0 Å². The van der Waals surface area contributed by atoms with Crippen molar-refractivity contribution in [1.82, 2.24) is 0 Å². The summed E-state index contributed by atoms with van der Waals surface area (Å²) < 4.78 is 5.70. The lowest BCUT2D eigenvalue weighted by molar-refractivity contribution is 0.0772. The van der Waals surface area contributed by atoms with Gasteiger partial charge in [0.25, 0.3) is 0 Å². The lowest BCUT2D eigenvalue weighted by Gasteiger charge is -2.31. The molecule has 3 heteroatoms. The smallest absolute Gasteiger partial charge is 0.198 e. The van der Waals surface area contributed by atoms with Crippen LogP contribution >= 0.6 is 23.2 Å². The van der Waals surface area contributed by atoms with Gasteiger partial charge in [0.05, 0.1) is 5.54 Å². The van der Waals surface area contributed by atoms with E-state index in [-0.39, 0.29) is 6.10 Å². The minimum absolute atomic E-state index is 0.147. The molecule has 2 rings (SSSR count). The molecule has 1 fully saturated rings. The molecule has 1 saturated carbocycles. The van der Waals surface area contributed by atoms with Crippen LogP contribution in [0.25, 0.3) is 0 Å². The third-order valence-electron chi connectivity index (χ3n) is 3.28. The monoisotopic (exact) mass is 270 g/mol. The summed E-state index contributed by atoms with van der Waals surface area (Å²) in [4.78, 5) is 0. The summed E-state index contributed by atoms with van der Waals surface area (Å²) in [6.45, 7) is 0. The second-order valence-electron chi connectivity index (χ2n) is 4.37. The fourth-order valence-corrected chi connectivity index (χ4v) is 2.66. The second-order valence-corrected chi connectivity index (χ2v) is 4.96. The Kier molecular flexibility index (Phi) is 4.75. The Labute approximate surface area is 112 Å². The highest BCUT2D eigenvalue weighted by Crippen LogP contribution is 2.36. The third kappa shape index (κ3) is 3.40. The van der Waals surface area contributed by atoms with E-state index in [0.29, 0.717) is 11.1 Å². The van der Waals surface area contributed by atoms with Crippen molar-refractivity contribution in [3.8, 4) is 0 Å². The number of ether oxygens (including phenoxy) is 1. The second kappa shape index (κ2) is 6.32. The average Bonchev–Trinajstić information content (AvgIpc) is 2.40. The molecule has 1 aliphatic rings. The van der Waals surface area contributed by atoms with E-state index in [1.54, 1.807) is 0 Å². The van der Waals surface area contributed by atoms with Crippen LogP contribution in [0.3, 0.4) is 0 Å². The molecule has 0 amide bonds. The summed E-state index contributed by atoms with van der Waals surface area (Å²) in [7, 11) is 0. The molecule has 0 N–H and O–H groups in total. The van der Waals surface area contributed by atoms with E-state index in [1.165, 1.54) is 23.9 Å². The molecule has 1 aromatic carbocycles. The van der Waals surface area contributed by atoms with Gasteiger partial charge in [0.2, 0.25) is 0 Å². The van der Waals surface area contributed by atoms with Crippen molar-refractivity contribution < 1.29 is 4.74 Å². The summed E-state index contributed by atoms with van der Waals surface area (Å²) in [6.07, 6.45) is 4.79. The molecule has 0 bridgehead atoms. The SMILES string of the molecule is Cl/C=C(/[35Cl])O[C@H]1CCCC[C@@H]1c1ccccc1. The molecule has 92 valence electrons. The first-order chi connectivity index (χ1) is 8.31. The van der Waals surface area contributed by atoms with Crippen LogP contribution in [0.15, 0.2) is 41.1 Å². The first kappa shape index (κ1) is 12.8. The molecule has 2 atom stereocenters. The summed E-state index contributed by atoms with van der Waals surface area (Å²) >= 11 is 11.4. The highest BCUT2D eigenvalue weighted by Gasteiger charge is 2.28. The summed E-state index contributed by atoms with van der Waals surface area (Å²) in [5.74, 6) is 0.426. The molecule has 17 heavy (non-hydrogen) atoms. The van der Waals surface area contributed by atoms with Crippen LogP contribution in [0.1, 0.15) is 37.2 Å². The largest absolute Gasteiger partial charge is 0.478 e. The van der Waals surface area contributed by atoms with Crippen molar-refractivity contribution in [1.29, 1.82) is 0 Å². The summed E-state index contributed by atoms with van der Waals surface area (Å²) in [5.41, 5.74) is 2.62. The Morgan fingerprint density at radius 1 is 1.18 bits per heavy atom. The molecule has 1 nitrogen and oxygen atoms in total. The van der Waals surface area contributed by atoms with Gasteiger partial charge in [-0.05, 0) is 36.4 Å². The molecule has 0 radical (unpaired) electrons. The topological polar surface area (TPSA) is 9.23 Å². The van der Waals surface area contributed by atoms with Gasteiger partial charge in [-0.25, -0.2) is 0 Å². The van der Waals surface area contributed by atoms with E-state index in [9.17, 15) is 0 Å². The Bertz CT molecular complexity index is 375. The quantitative estimate of drug-likeness (QED) is 0.702. The molecule has 0 heterocycles. The third-order valence-corrected chi connectivity index (χ3v) is 3.79. The fourth-order valence-electron chi connectivity index (χ4n) is 2.49. The zero-order valence-corrected chi connectivity index (χ0v) is 11.1. The Balaban J connectivity index is 2.12. The molecule has 0 aliphatic heterocycles. The molecule has 1 aromatic rings. The van der Waals surface area contributed by atoms with Crippen molar-refractivity contribution in [3.63, 3.8) is 0 Å². The van der Waals surface area contributed by atoms with E-state index in [2.05, 4.69) is 24.3 Å². The van der Waals surface area contributed by atoms with Gasteiger partial charge in [-0.2, -0.15) is 0 Å². The number of hydrogen-bond donors (Lipinski definition) is 0. The Hall–Kier alpha value is -0.660. The maximum absolute atomic E-state index is 5.86. The lowest BCUT2D eigenvalue weighted by Crippen LogP contribution is -2.25. The normalized spacial score (nSPS) is 25.6. The predicted octanol–water partition coefficient (Wildman–Crippen LogP) is 5.01. The van der Waals surface area contributed by atoms with Gasteiger partial charge in [0.15, 0.2) is 5.22 Å². The van der Waals surface area contributed by atoms with Gasteiger partial charge in [0, 0.05) is 5.92 Å². The molecule has 0 saturated heterocycles. The molecule has 0 spiro atoms. The van der Waals surface area contributed by atoms with Gasteiger partial charge < -0.3 is 4.74 Å². The number of rotatable bonds is 3. The fraction of sp³-hybridized carbons (Fsp3) is 0.429. The van der Waals surface area contributed by atoms with Crippen LogP contribution in [-0.2, 0) is 4.74 Å². The minimum atomic E-state index is 0.147. The Morgan fingerprint density at radius 2 is 1.88 bits per heavy atom. The summed E-state index contributed by atoms with van der Waals surface area (Å²) in [5, 5.41) is 0.291. The zero-order valence-electron chi connectivity index (χ0n) is 9.61. The van der Waals surface area contributed by atoms with Crippen molar-refractivity contribution in [2.45, 2.75) is 37.7 Å². The van der Waals surface area contributed by atoms with Crippen molar-refractivity contribution in [2.24, 2.45) is 0 Å². The van der Waals surface area contributed by atoms with E-state index < -0.39 is 0 Å². The van der Waals surface area contributed by atoms with Gasteiger partial charge in [-0.15, -0.1) is 0 Å². The standard InChI is InChI=1S/C14H16Cl2O/c15-10-14(16)17-13-9-5-4-8-12(13)11-6-2-1-3-7-11/h1-3,6-7,10,12-13H,4-5,8-9H2/b14-10-/t12-,13+/m1/s1/i16+0. The van der Waals surface area contributed by atoms with Crippen LogP contribution in [-0.4, -0.2) is 6.10 Å². The van der Waals surface area contributed by atoms with Crippen molar-refractivity contribution in [2.75, 3.05) is 0 Å². The van der Waals surface area contributed by atoms with Crippen molar-refractivity contribution >= 4 is 23.2 Å². The van der Waals surface area contributed by atoms with E-state index >= 15 is 0 Å². The molecule has 0 unspecified atom stereocenters. The molecular weight excluding hydrogens is 255 g/mol. The van der Waals surface area contributed by atoms with Crippen LogP contribution in [0.2, 0.25) is 0 Å². The minimum Gasteiger partial charge on any atom is -0.478 e. The maximum atomic E-state index is 5.86. The van der Waals surface area contributed by atoms with E-state index in [4.69, 9.17) is 27.9 Å². The number of halogens is 2. The molecule has 1 aliphatic carbocycles. The average molecular weight is 271 g/mol. The van der Waals surface area contributed by atoms with Crippen LogP contribution in [0.5, 0.6) is 0 Å². The van der Waals surface area contributed by atoms with Gasteiger partial charge in [-0.3, -0.25) is 0 Å². The zero-order chi connectivity index (χ0) is 12.1. The van der Waals surface area contributed by atoms with Crippen LogP contribution in [0.4, 0.5) is 0 Å². The van der Waals surface area contributed by atoms with Gasteiger partial charge in [-0.1, -0.05) is 48.4 Å². The number of hydrogen-bond acceptors (Lipinski definition) is 1. The highest BCUT2D eigenvalue weighted by atomic mass is 35.5. The highest BCUT2D eigenvalue weighted by molar-refractivity contribution is 6.35. The first-order valence-corrected chi connectivity index (χ1v) is 6.80. The maximum Gasteiger partial charge on any atom is 0.198 e. The van der Waals surface area contributed by atoms with Crippen molar-refractivity contribution in [3.05, 3.63) is 46.6 Å². The van der Waals surface area contributed by atoms with E-state index in [1.807, 2.05) is 6.07 Å². The van der Waals surface area contributed by atoms with E-state index in [0.717, 1.165) is 12.8 Å². The van der Waals surface area contributed by atoms with Gasteiger partial charge >= 0.3 is 0 Å². The van der Waals surface area contributed by atoms with Gasteiger partial charge in [0.1, 0.15) is 6.10 Å². The Morgan fingerprint density at radius 3 is 2.59 bits per heavy atom. The van der Waals surface area contributed by atoms with Crippen LogP contribution < -0.4 is 0 Å². The first-order valence-electron chi connectivity index (χ1n) is 5.98. The predicted molar refractivity (Wildman–Crippen MR) is 72.3 cm³/mol. The molecule has 0 aromatic heterocycles. The lowest BCUT2D eigenvalue weighted by atomic mass is 9.81. The number of benzene rings is 1. The summed E-state index contributed by atoms with van der Waals surface area (Å²) in [6, 6.07) is 10.5.